The fraction of sp³-hybridized carbons (Fsp3) is 0.682. The number of rotatable bonds is 5. The summed E-state index contributed by atoms with van der Waals surface area (Å²) >= 11 is 6.60. The van der Waals surface area contributed by atoms with Crippen molar-refractivity contribution in [3.63, 3.8) is 0 Å². The van der Waals surface area contributed by atoms with Gasteiger partial charge in [0.1, 0.15) is 17.6 Å². The van der Waals surface area contributed by atoms with E-state index in [4.69, 9.17) is 21.1 Å². The van der Waals surface area contributed by atoms with Gasteiger partial charge in [0.15, 0.2) is 0 Å². The van der Waals surface area contributed by atoms with Gasteiger partial charge in [-0.25, -0.2) is 0 Å². The van der Waals surface area contributed by atoms with Crippen molar-refractivity contribution in [3.8, 4) is 11.5 Å². The fourth-order valence-electron chi connectivity index (χ4n) is 5.10. The highest BCUT2D eigenvalue weighted by molar-refractivity contribution is 6.31. The Labute approximate surface area is 177 Å². The Morgan fingerprint density at radius 3 is 2.55 bits per heavy atom. The zero-order valence-corrected chi connectivity index (χ0v) is 18.0. The molecule has 1 aromatic rings. The number of hydrogen-bond acceptors (Lipinski definition) is 5. The van der Waals surface area contributed by atoms with Gasteiger partial charge in [0.2, 0.25) is 5.91 Å². The first kappa shape index (κ1) is 20.8. The van der Waals surface area contributed by atoms with Gasteiger partial charge in [-0.1, -0.05) is 11.6 Å². The molecule has 0 aromatic heterocycles. The molecule has 6 nitrogen and oxygen atoms in total. The predicted molar refractivity (Wildman–Crippen MR) is 111 cm³/mol. The van der Waals surface area contributed by atoms with E-state index in [1.165, 1.54) is 12.8 Å². The van der Waals surface area contributed by atoms with Crippen LogP contribution in [0.15, 0.2) is 12.1 Å². The number of halogens is 1. The average molecular weight is 423 g/mol. The number of hydrogen-bond donors (Lipinski definition) is 1. The number of benzene rings is 1. The van der Waals surface area contributed by atoms with Crippen LogP contribution in [0.4, 0.5) is 0 Å². The molecule has 0 bridgehead atoms. The van der Waals surface area contributed by atoms with Gasteiger partial charge < -0.3 is 19.5 Å². The van der Waals surface area contributed by atoms with E-state index in [-0.39, 0.29) is 12.0 Å². The van der Waals surface area contributed by atoms with E-state index in [9.17, 15) is 9.90 Å². The van der Waals surface area contributed by atoms with E-state index in [1.54, 1.807) is 14.0 Å². The number of methoxy groups -OCH3 is 1. The molecule has 4 rings (SSSR count). The number of aliphatic hydroxyl groups excluding tert-OH is 1. The average Bonchev–Trinajstić information content (AvgIpc) is 3.33. The van der Waals surface area contributed by atoms with Crippen LogP contribution in [0.2, 0.25) is 5.02 Å². The Morgan fingerprint density at radius 1 is 1.21 bits per heavy atom. The maximum absolute atomic E-state index is 11.7. The first-order valence-electron chi connectivity index (χ1n) is 10.6. The van der Waals surface area contributed by atoms with Gasteiger partial charge in [0.05, 0.1) is 18.2 Å². The molecular weight excluding hydrogens is 392 g/mol. The Balaban J connectivity index is 1.46. The second-order valence-electron chi connectivity index (χ2n) is 8.71. The maximum atomic E-state index is 11.7. The number of aliphatic hydroxyl groups is 1. The number of nitrogens with zero attached hydrogens (tertiary/aromatic N) is 2. The molecule has 3 fully saturated rings. The maximum Gasteiger partial charge on any atom is 0.219 e. The summed E-state index contributed by atoms with van der Waals surface area (Å²) in [4.78, 5) is 16.0. The van der Waals surface area contributed by atoms with Crippen LogP contribution in [-0.4, -0.2) is 66.3 Å². The van der Waals surface area contributed by atoms with E-state index >= 15 is 0 Å². The molecule has 3 aliphatic rings. The molecule has 2 saturated heterocycles. The Kier molecular flexibility index (Phi) is 6.23. The van der Waals surface area contributed by atoms with Crippen LogP contribution in [-0.2, 0) is 11.3 Å². The highest BCUT2D eigenvalue weighted by Crippen LogP contribution is 2.40. The molecule has 160 valence electrons. The molecule has 1 aliphatic carbocycles. The summed E-state index contributed by atoms with van der Waals surface area (Å²) in [5.41, 5.74) is 0.987. The Morgan fingerprint density at radius 2 is 1.90 bits per heavy atom. The van der Waals surface area contributed by atoms with Gasteiger partial charge >= 0.3 is 0 Å². The van der Waals surface area contributed by atoms with Crippen molar-refractivity contribution in [2.45, 2.75) is 51.4 Å². The minimum absolute atomic E-state index is 0.108. The van der Waals surface area contributed by atoms with Crippen molar-refractivity contribution in [3.05, 3.63) is 22.7 Å². The van der Waals surface area contributed by atoms with E-state index in [0.717, 1.165) is 50.5 Å². The van der Waals surface area contributed by atoms with Gasteiger partial charge in [-0.2, -0.15) is 0 Å². The lowest BCUT2D eigenvalue weighted by Gasteiger charge is -2.35. The molecule has 1 N–H and O–H groups in total. The zero-order chi connectivity index (χ0) is 20.5. The molecule has 2 aliphatic heterocycles. The summed E-state index contributed by atoms with van der Waals surface area (Å²) < 4.78 is 11.8. The van der Waals surface area contributed by atoms with Crippen LogP contribution in [0.3, 0.4) is 0 Å². The zero-order valence-electron chi connectivity index (χ0n) is 17.3. The summed E-state index contributed by atoms with van der Waals surface area (Å²) in [6.07, 6.45) is 3.02. The van der Waals surface area contributed by atoms with Crippen molar-refractivity contribution in [1.29, 1.82) is 0 Å². The van der Waals surface area contributed by atoms with Crippen molar-refractivity contribution < 1.29 is 19.4 Å². The molecule has 2 heterocycles. The number of fused-ring (bicyclic) bond motifs is 1. The lowest BCUT2D eigenvalue weighted by Crippen LogP contribution is -2.42. The standard InChI is InChI=1S/C22H31ClN2O4/c1-14(26)25-11-15-7-20(27)22(8-16(15)12-25)29-17-9-19(23)18(21(10-17)28-2)13-24-5-3-4-6-24/h9-10,15-16,20,22,27H,3-8,11-13H2,1-2H3/t15-,16+,20+,22+/m0/s1. The van der Waals surface area contributed by atoms with Gasteiger partial charge in [-0.3, -0.25) is 9.69 Å². The quantitative estimate of drug-likeness (QED) is 0.790. The monoisotopic (exact) mass is 422 g/mol. The van der Waals surface area contributed by atoms with E-state index < -0.39 is 6.10 Å². The first-order chi connectivity index (χ1) is 13.9. The summed E-state index contributed by atoms with van der Waals surface area (Å²) in [5, 5.41) is 11.3. The largest absolute Gasteiger partial charge is 0.496 e. The molecule has 0 radical (unpaired) electrons. The van der Waals surface area contributed by atoms with Crippen LogP contribution >= 0.6 is 11.6 Å². The molecule has 1 amide bonds. The molecule has 0 spiro atoms. The van der Waals surface area contributed by atoms with Crippen LogP contribution in [0.25, 0.3) is 0 Å². The number of amides is 1. The molecular formula is C22H31ClN2O4. The van der Waals surface area contributed by atoms with E-state index in [2.05, 4.69) is 4.90 Å². The van der Waals surface area contributed by atoms with Gasteiger partial charge in [-0.05, 0) is 56.7 Å². The normalized spacial score (nSPS) is 29.7. The summed E-state index contributed by atoms with van der Waals surface area (Å²) in [5.74, 6) is 2.19. The van der Waals surface area contributed by atoms with Crippen molar-refractivity contribution in [2.24, 2.45) is 11.8 Å². The lowest BCUT2D eigenvalue weighted by atomic mass is 9.78. The number of ether oxygens (including phenoxy) is 2. The third-order valence-corrected chi connectivity index (χ3v) is 7.08. The van der Waals surface area contributed by atoms with Gasteiger partial charge in [0.25, 0.3) is 0 Å². The second-order valence-corrected chi connectivity index (χ2v) is 9.12. The molecule has 29 heavy (non-hydrogen) atoms. The lowest BCUT2D eigenvalue weighted by molar-refractivity contribution is -0.128. The molecule has 1 aromatic carbocycles. The molecule has 4 atom stereocenters. The predicted octanol–water partition coefficient (Wildman–Crippen LogP) is 2.94. The highest BCUT2D eigenvalue weighted by Gasteiger charge is 2.43. The molecule has 1 saturated carbocycles. The van der Waals surface area contributed by atoms with Crippen LogP contribution < -0.4 is 9.47 Å². The Bertz CT molecular complexity index is 753. The van der Waals surface area contributed by atoms with E-state index in [0.29, 0.717) is 29.0 Å². The second kappa shape index (κ2) is 8.70. The highest BCUT2D eigenvalue weighted by atomic mass is 35.5. The molecule has 0 unspecified atom stereocenters. The van der Waals surface area contributed by atoms with E-state index in [1.807, 2.05) is 17.0 Å². The number of likely N-dealkylation sites (tertiary alicyclic amines) is 2. The summed E-state index contributed by atoms with van der Waals surface area (Å²) in [6.45, 7) is 6.07. The summed E-state index contributed by atoms with van der Waals surface area (Å²) in [6, 6.07) is 3.72. The van der Waals surface area contributed by atoms with Gasteiger partial charge in [-0.15, -0.1) is 0 Å². The summed E-state index contributed by atoms with van der Waals surface area (Å²) in [7, 11) is 1.65. The SMILES string of the molecule is COc1cc(O[C@@H]2C[C@@H]3CN(C(C)=O)C[C@@H]3C[C@H]2O)cc(Cl)c1CN1CCCC1. The van der Waals surface area contributed by atoms with Gasteiger partial charge in [0, 0.05) is 38.2 Å². The van der Waals surface area contributed by atoms with Crippen molar-refractivity contribution in [2.75, 3.05) is 33.3 Å². The number of carbonyl (C=O) groups excluding carboxylic acids is 1. The smallest absolute Gasteiger partial charge is 0.219 e. The first-order valence-corrected chi connectivity index (χ1v) is 11.0. The van der Waals surface area contributed by atoms with Crippen molar-refractivity contribution in [1.82, 2.24) is 9.80 Å². The Hall–Kier alpha value is -1.50. The third kappa shape index (κ3) is 4.49. The minimum atomic E-state index is -0.544. The van der Waals surface area contributed by atoms with Crippen LogP contribution in [0.1, 0.15) is 38.2 Å². The minimum Gasteiger partial charge on any atom is -0.496 e. The van der Waals surface area contributed by atoms with Crippen molar-refractivity contribution >= 4 is 17.5 Å². The van der Waals surface area contributed by atoms with Crippen LogP contribution in [0, 0.1) is 11.8 Å². The topological polar surface area (TPSA) is 62.2 Å². The van der Waals surface area contributed by atoms with Crippen LogP contribution in [0.5, 0.6) is 11.5 Å². The molecule has 7 heteroatoms. The fourth-order valence-corrected chi connectivity index (χ4v) is 5.36. The number of carbonyl (C=O) groups is 1. The third-order valence-electron chi connectivity index (χ3n) is 6.75.